The quantitative estimate of drug-likeness (QED) is 0.817. The molecule has 1 heterocycles. The van der Waals surface area contributed by atoms with Crippen LogP contribution in [0.3, 0.4) is 0 Å². The number of nitrogens with one attached hydrogen (secondary N) is 1. The summed E-state index contributed by atoms with van der Waals surface area (Å²) in [6.07, 6.45) is 7.34. The van der Waals surface area contributed by atoms with E-state index in [0.717, 1.165) is 19.4 Å². The molecule has 0 spiro atoms. The molecule has 2 rings (SSSR count). The van der Waals surface area contributed by atoms with Gasteiger partial charge in [0, 0.05) is 18.7 Å². The van der Waals surface area contributed by atoms with Crippen LogP contribution in [0.4, 0.5) is 0 Å². The van der Waals surface area contributed by atoms with Crippen molar-refractivity contribution in [3.8, 4) is 18.1 Å². The number of hydrogen-bond donors (Lipinski definition) is 1. The van der Waals surface area contributed by atoms with E-state index < -0.39 is 0 Å². The van der Waals surface area contributed by atoms with E-state index in [1.165, 1.54) is 0 Å². The number of rotatable bonds is 5. The van der Waals surface area contributed by atoms with Crippen LogP contribution in [0.5, 0.6) is 5.75 Å². The van der Waals surface area contributed by atoms with Crippen LogP contribution in [-0.4, -0.2) is 31.8 Å². The smallest absolute Gasteiger partial charge is 0.251 e. The fourth-order valence-electron chi connectivity index (χ4n) is 1.94. The van der Waals surface area contributed by atoms with Gasteiger partial charge in [0.05, 0.1) is 6.10 Å². The first-order valence-electron chi connectivity index (χ1n) is 6.35. The van der Waals surface area contributed by atoms with Crippen LogP contribution < -0.4 is 10.1 Å². The van der Waals surface area contributed by atoms with Crippen molar-refractivity contribution >= 4 is 5.91 Å². The molecule has 0 aliphatic carbocycles. The third-order valence-corrected chi connectivity index (χ3v) is 2.95. The minimum atomic E-state index is -0.0981. The average Bonchev–Trinajstić information content (AvgIpc) is 2.96. The van der Waals surface area contributed by atoms with Crippen molar-refractivity contribution in [2.75, 3.05) is 19.8 Å². The maximum Gasteiger partial charge on any atom is 0.251 e. The molecule has 1 aliphatic rings. The van der Waals surface area contributed by atoms with Crippen LogP contribution in [0.1, 0.15) is 23.2 Å². The topological polar surface area (TPSA) is 47.6 Å². The van der Waals surface area contributed by atoms with Crippen LogP contribution in [0.2, 0.25) is 0 Å². The van der Waals surface area contributed by atoms with E-state index in [1.807, 2.05) is 0 Å². The SMILES string of the molecule is C#CCOc1ccc(C(=O)NC[C@@H]2CCCO2)cc1. The molecule has 1 atom stereocenters. The van der Waals surface area contributed by atoms with Crippen molar-refractivity contribution in [3.63, 3.8) is 0 Å². The van der Waals surface area contributed by atoms with Crippen molar-refractivity contribution < 1.29 is 14.3 Å². The van der Waals surface area contributed by atoms with E-state index in [1.54, 1.807) is 24.3 Å². The van der Waals surface area contributed by atoms with Crippen molar-refractivity contribution in [1.29, 1.82) is 0 Å². The fourth-order valence-corrected chi connectivity index (χ4v) is 1.94. The lowest BCUT2D eigenvalue weighted by Crippen LogP contribution is -2.31. The van der Waals surface area contributed by atoms with E-state index in [9.17, 15) is 4.79 Å². The van der Waals surface area contributed by atoms with Gasteiger partial charge in [-0.2, -0.15) is 0 Å². The van der Waals surface area contributed by atoms with E-state index in [2.05, 4.69) is 11.2 Å². The third-order valence-electron chi connectivity index (χ3n) is 2.95. The first kappa shape index (κ1) is 13.4. The molecule has 1 fully saturated rings. The zero-order valence-corrected chi connectivity index (χ0v) is 10.7. The average molecular weight is 259 g/mol. The van der Waals surface area contributed by atoms with Crippen molar-refractivity contribution in [2.24, 2.45) is 0 Å². The number of carbonyl (C=O) groups excluding carboxylic acids is 1. The minimum absolute atomic E-state index is 0.0981. The van der Waals surface area contributed by atoms with E-state index in [4.69, 9.17) is 15.9 Å². The van der Waals surface area contributed by atoms with E-state index in [0.29, 0.717) is 17.9 Å². The zero-order valence-electron chi connectivity index (χ0n) is 10.7. The van der Waals surface area contributed by atoms with Crippen LogP contribution in [0, 0.1) is 12.3 Å². The second-order valence-corrected chi connectivity index (χ2v) is 4.36. The Hall–Kier alpha value is -1.99. The van der Waals surface area contributed by atoms with Gasteiger partial charge in [-0.1, -0.05) is 5.92 Å². The normalized spacial score (nSPS) is 17.7. The molecule has 0 bridgehead atoms. The molecule has 0 saturated carbocycles. The van der Waals surface area contributed by atoms with Crippen LogP contribution in [0.15, 0.2) is 24.3 Å². The lowest BCUT2D eigenvalue weighted by Gasteiger charge is -2.11. The van der Waals surface area contributed by atoms with Gasteiger partial charge < -0.3 is 14.8 Å². The molecule has 1 aromatic carbocycles. The van der Waals surface area contributed by atoms with Gasteiger partial charge in [0.2, 0.25) is 0 Å². The highest BCUT2D eigenvalue weighted by atomic mass is 16.5. The van der Waals surface area contributed by atoms with Crippen molar-refractivity contribution in [3.05, 3.63) is 29.8 Å². The fraction of sp³-hybridized carbons (Fsp3) is 0.400. The number of benzene rings is 1. The van der Waals surface area contributed by atoms with Gasteiger partial charge in [0.15, 0.2) is 0 Å². The first-order chi connectivity index (χ1) is 9.29. The molecule has 1 saturated heterocycles. The molecule has 0 radical (unpaired) electrons. The van der Waals surface area contributed by atoms with Gasteiger partial charge >= 0.3 is 0 Å². The predicted octanol–water partition coefficient (Wildman–Crippen LogP) is 1.61. The zero-order chi connectivity index (χ0) is 13.5. The second kappa shape index (κ2) is 6.81. The Morgan fingerprint density at radius 3 is 2.89 bits per heavy atom. The summed E-state index contributed by atoms with van der Waals surface area (Å²) in [5, 5.41) is 2.87. The Balaban J connectivity index is 1.83. The van der Waals surface area contributed by atoms with Crippen molar-refractivity contribution in [1.82, 2.24) is 5.32 Å². The molecule has 1 amide bonds. The molecule has 1 aromatic rings. The minimum Gasteiger partial charge on any atom is -0.481 e. The van der Waals surface area contributed by atoms with Gasteiger partial charge in [0.25, 0.3) is 5.91 Å². The van der Waals surface area contributed by atoms with Crippen LogP contribution in [0.25, 0.3) is 0 Å². The molecular weight excluding hydrogens is 242 g/mol. The number of hydrogen-bond acceptors (Lipinski definition) is 3. The molecule has 1 N–H and O–H groups in total. The summed E-state index contributed by atoms with van der Waals surface area (Å²) < 4.78 is 10.7. The van der Waals surface area contributed by atoms with Crippen molar-refractivity contribution in [2.45, 2.75) is 18.9 Å². The third kappa shape index (κ3) is 4.01. The van der Waals surface area contributed by atoms with Crippen LogP contribution in [-0.2, 0) is 4.74 Å². The van der Waals surface area contributed by atoms with E-state index in [-0.39, 0.29) is 18.6 Å². The molecule has 0 unspecified atom stereocenters. The molecule has 19 heavy (non-hydrogen) atoms. The maximum atomic E-state index is 11.9. The Bertz CT molecular complexity index is 455. The molecular formula is C15H17NO3. The number of amides is 1. The Morgan fingerprint density at radius 1 is 1.47 bits per heavy atom. The molecule has 0 aromatic heterocycles. The van der Waals surface area contributed by atoms with Gasteiger partial charge in [-0.25, -0.2) is 0 Å². The standard InChI is InChI=1S/C15H17NO3/c1-2-9-18-13-7-5-12(6-8-13)15(17)16-11-14-4-3-10-19-14/h1,5-8,14H,3-4,9-11H2,(H,16,17)/t14-/m0/s1. The summed E-state index contributed by atoms with van der Waals surface area (Å²) >= 11 is 0. The number of ether oxygens (including phenoxy) is 2. The highest BCUT2D eigenvalue weighted by Crippen LogP contribution is 2.13. The Labute approximate surface area is 113 Å². The molecule has 1 aliphatic heterocycles. The molecule has 4 heteroatoms. The lowest BCUT2D eigenvalue weighted by molar-refractivity contribution is 0.0858. The Morgan fingerprint density at radius 2 is 2.26 bits per heavy atom. The monoisotopic (exact) mass is 259 g/mol. The summed E-state index contributed by atoms with van der Waals surface area (Å²) in [5.74, 6) is 2.95. The Kier molecular flexibility index (Phi) is 4.82. The first-order valence-corrected chi connectivity index (χ1v) is 6.35. The molecule has 100 valence electrons. The predicted molar refractivity (Wildman–Crippen MR) is 72.1 cm³/mol. The van der Waals surface area contributed by atoms with Gasteiger partial charge in [-0.05, 0) is 37.1 Å². The second-order valence-electron chi connectivity index (χ2n) is 4.36. The molecule has 4 nitrogen and oxygen atoms in total. The van der Waals surface area contributed by atoms with Gasteiger partial charge in [-0.3, -0.25) is 4.79 Å². The number of carbonyl (C=O) groups is 1. The summed E-state index contributed by atoms with van der Waals surface area (Å²) in [7, 11) is 0. The summed E-state index contributed by atoms with van der Waals surface area (Å²) in [5.41, 5.74) is 0.603. The summed E-state index contributed by atoms with van der Waals surface area (Å²) in [6, 6.07) is 6.91. The van der Waals surface area contributed by atoms with Gasteiger partial charge in [0.1, 0.15) is 12.4 Å². The lowest BCUT2D eigenvalue weighted by atomic mass is 10.2. The summed E-state index contributed by atoms with van der Waals surface area (Å²) in [4.78, 5) is 11.9. The van der Waals surface area contributed by atoms with E-state index >= 15 is 0 Å². The van der Waals surface area contributed by atoms with Gasteiger partial charge in [-0.15, -0.1) is 6.42 Å². The number of terminal acetylenes is 1. The largest absolute Gasteiger partial charge is 0.481 e. The highest BCUT2D eigenvalue weighted by molar-refractivity contribution is 5.94. The summed E-state index contributed by atoms with van der Waals surface area (Å²) in [6.45, 7) is 1.58. The highest BCUT2D eigenvalue weighted by Gasteiger charge is 2.16. The van der Waals surface area contributed by atoms with Crippen LogP contribution >= 0.6 is 0 Å². The maximum absolute atomic E-state index is 11.9.